The van der Waals surface area contributed by atoms with E-state index in [9.17, 15) is 4.79 Å². The molecule has 0 fully saturated rings. The van der Waals surface area contributed by atoms with E-state index in [0.29, 0.717) is 15.9 Å². The second-order valence-corrected chi connectivity index (χ2v) is 5.62. The maximum atomic E-state index is 12.0. The van der Waals surface area contributed by atoms with Gasteiger partial charge in [-0.15, -0.1) is 0 Å². The number of benzene rings is 2. The molecule has 112 valence electrons. The van der Waals surface area contributed by atoms with Crippen molar-refractivity contribution in [3.8, 4) is 0 Å². The first-order chi connectivity index (χ1) is 10.6. The minimum atomic E-state index is -0.559. The van der Waals surface area contributed by atoms with E-state index >= 15 is 0 Å². The molecule has 1 heterocycles. The molecule has 1 aromatic heterocycles. The highest BCUT2D eigenvalue weighted by Gasteiger charge is 2.17. The van der Waals surface area contributed by atoms with E-state index in [2.05, 4.69) is 21.2 Å². The van der Waals surface area contributed by atoms with Crippen LogP contribution in [0.15, 0.2) is 63.5 Å². The molecule has 0 radical (unpaired) electrons. The highest BCUT2D eigenvalue weighted by Crippen LogP contribution is 2.34. The molecule has 5 heteroatoms. The summed E-state index contributed by atoms with van der Waals surface area (Å²) in [5.74, 6) is 0.339. The third-order valence-electron chi connectivity index (χ3n) is 3.30. The zero-order valence-electron chi connectivity index (χ0n) is 11.9. The number of halogens is 1. The summed E-state index contributed by atoms with van der Waals surface area (Å²) in [7, 11) is 0. The van der Waals surface area contributed by atoms with Crippen LogP contribution in [0.4, 0.5) is 10.7 Å². The number of furan rings is 1. The Morgan fingerprint density at radius 3 is 2.55 bits per heavy atom. The lowest BCUT2D eigenvalue weighted by Crippen LogP contribution is -2.15. The summed E-state index contributed by atoms with van der Waals surface area (Å²) in [6.07, 6.45) is -0.902. The van der Waals surface area contributed by atoms with E-state index in [1.807, 2.05) is 61.5 Å². The number of hydrogen-bond acceptors (Lipinski definition) is 3. The maximum Gasteiger partial charge on any atom is 0.414 e. The predicted octanol–water partition coefficient (Wildman–Crippen LogP) is 5.51. The molecule has 0 aliphatic carbocycles. The van der Waals surface area contributed by atoms with Crippen molar-refractivity contribution in [3.05, 3.63) is 64.6 Å². The number of anilines is 1. The largest absolute Gasteiger partial charge is 0.441 e. The van der Waals surface area contributed by atoms with Crippen LogP contribution in [0.1, 0.15) is 18.6 Å². The van der Waals surface area contributed by atoms with E-state index in [4.69, 9.17) is 9.15 Å². The van der Waals surface area contributed by atoms with Crippen LogP contribution in [0.3, 0.4) is 0 Å². The molecule has 3 rings (SSSR count). The van der Waals surface area contributed by atoms with Crippen LogP contribution in [-0.2, 0) is 4.74 Å². The molecule has 2 aromatic carbocycles. The normalized spacial score (nSPS) is 12.1. The lowest BCUT2D eigenvalue weighted by molar-refractivity contribution is 0.120. The van der Waals surface area contributed by atoms with Gasteiger partial charge in [-0.2, -0.15) is 0 Å². The Morgan fingerprint density at radius 2 is 1.82 bits per heavy atom. The van der Waals surface area contributed by atoms with E-state index < -0.39 is 6.09 Å². The van der Waals surface area contributed by atoms with Gasteiger partial charge in [0.15, 0.2) is 0 Å². The minimum absolute atomic E-state index is 0.339. The van der Waals surface area contributed by atoms with Gasteiger partial charge in [0.1, 0.15) is 11.7 Å². The Balaban J connectivity index is 1.72. The maximum absolute atomic E-state index is 12.0. The van der Waals surface area contributed by atoms with Crippen molar-refractivity contribution in [2.24, 2.45) is 0 Å². The van der Waals surface area contributed by atoms with Crippen LogP contribution in [0.5, 0.6) is 0 Å². The van der Waals surface area contributed by atoms with Crippen molar-refractivity contribution in [2.45, 2.75) is 13.0 Å². The molecular formula is C17H14BrNO3. The number of rotatable bonds is 3. The number of fused-ring (bicyclic) bond motifs is 1. The van der Waals surface area contributed by atoms with E-state index in [0.717, 1.165) is 10.9 Å². The van der Waals surface area contributed by atoms with Gasteiger partial charge in [-0.3, -0.25) is 5.32 Å². The van der Waals surface area contributed by atoms with Crippen molar-refractivity contribution in [1.29, 1.82) is 0 Å². The minimum Gasteiger partial charge on any atom is -0.441 e. The third kappa shape index (κ3) is 2.99. The molecule has 1 atom stereocenters. The number of amides is 1. The number of ether oxygens (including phenoxy) is 1. The summed E-state index contributed by atoms with van der Waals surface area (Å²) in [5.41, 5.74) is 1.63. The fraction of sp³-hybridized carbons (Fsp3) is 0.118. The van der Waals surface area contributed by atoms with Crippen molar-refractivity contribution < 1.29 is 13.9 Å². The molecule has 1 N–H and O–H groups in total. The quantitative estimate of drug-likeness (QED) is 0.671. The molecule has 1 amide bonds. The average Bonchev–Trinajstić information content (AvgIpc) is 2.84. The van der Waals surface area contributed by atoms with Crippen LogP contribution in [-0.4, -0.2) is 6.09 Å². The van der Waals surface area contributed by atoms with Gasteiger partial charge in [-0.05, 0) is 40.5 Å². The van der Waals surface area contributed by atoms with Crippen LogP contribution < -0.4 is 5.32 Å². The molecule has 0 bridgehead atoms. The van der Waals surface area contributed by atoms with Crippen molar-refractivity contribution in [3.63, 3.8) is 0 Å². The first-order valence-corrected chi connectivity index (χ1v) is 7.64. The fourth-order valence-corrected chi connectivity index (χ4v) is 2.68. The average molecular weight is 360 g/mol. The molecule has 3 aromatic rings. The molecule has 0 unspecified atom stereocenters. The smallest absolute Gasteiger partial charge is 0.414 e. The zero-order chi connectivity index (χ0) is 15.5. The Bertz CT molecular complexity index is 798. The number of para-hydroxylation sites is 1. The van der Waals surface area contributed by atoms with Gasteiger partial charge in [0, 0.05) is 5.39 Å². The highest BCUT2D eigenvalue weighted by molar-refractivity contribution is 9.10. The number of carbonyl (C=O) groups excluding carboxylic acids is 1. The molecule has 22 heavy (non-hydrogen) atoms. The summed E-state index contributed by atoms with van der Waals surface area (Å²) in [6.45, 7) is 1.82. The summed E-state index contributed by atoms with van der Waals surface area (Å²) in [6, 6.07) is 17.1. The Morgan fingerprint density at radius 1 is 1.14 bits per heavy atom. The molecule has 0 saturated carbocycles. The Labute approximate surface area is 136 Å². The number of nitrogens with one attached hydrogen (secondary N) is 1. The number of carbonyl (C=O) groups is 1. The third-order valence-corrected chi connectivity index (χ3v) is 4.09. The first-order valence-electron chi connectivity index (χ1n) is 6.85. The van der Waals surface area contributed by atoms with Crippen LogP contribution in [0.2, 0.25) is 0 Å². The summed E-state index contributed by atoms with van der Waals surface area (Å²) >= 11 is 3.43. The summed E-state index contributed by atoms with van der Waals surface area (Å²) in [4.78, 5) is 12.0. The fourth-order valence-electron chi connectivity index (χ4n) is 2.17. The molecule has 0 saturated heterocycles. The van der Waals surface area contributed by atoms with Gasteiger partial charge in [0.05, 0.1) is 4.47 Å². The molecule has 0 aliphatic rings. The van der Waals surface area contributed by atoms with Gasteiger partial charge in [-0.25, -0.2) is 4.79 Å². The van der Waals surface area contributed by atoms with Gasteiger partial charge < -0.3 is 9.15 Å². The van der Waals surface area contributed by atoms with E-state index in [1.54, 1.807) is 0 Å². The van der Waals surface area contributed by atoms with E-state index in [-0.39, 0.29) is 6.10 Å². The summed E-state index contributed by atoms with van der Waals surface area (Å²) < 4.78 is 11.7. The van der Waals surface area contributed by atoms with Crippen molar-refractivity contribution >= 4 is 38.9 Å². The van der Waals surface area contributed by atoms with E-state index in [1.165, 1.54) is 0 Å². The lowest BCUT2D eigenvalue weighted by Gasteiger charge is -2.13. The lowest BCUT2D eigenvalue weighted by atomic mass is 10.1. The van der Waals surface area contributed by atoms with Gasteiger partial charge in [0.25, 0.3) is 0 Å². The molecule has 0 aliphatic heterocycles. The SMILES string of the molecule is C[C@@H](OC(=O)Nc1oc2ccccc2c1Br)c1ccccc1. The monoisotopic (exact) mass is 359 g/mol. The number of hydrogen-bond donors (Lipinski definition) is 1. The van der Waals surface area contributed by atoms with Crippen LogP contribution >= 0.6 is 15.9 Å². The van der Waals surface area contributed by atoms with Crippen LogP contribution in [0.25, 0.3) is 11.0 Å². The molecular weight excluding hydrogens is 346 g/mol. The second-order valence-electron chi connectivity index (χ2n) is 4.82. The standard InChI is InChI=1S/C17H14BrNO3/c1-11(12-7-3-2-4-8-12)21-17(20)19-16-15(18)13-9-5-6-10-14(13)22-16/h2-11H,1H3,(H,19,20)/t11-/m1/s1. The van der Waals surface area contributed by atoms with Crippen molar-refractivity contribution in [2.75, 3.05) is 5.32 Å². The van der Waals surface area contributed by atoms with Crippen molar-refractivity contribution in [1.82, 2.24) is 0 Å². The van der Waals surface area contributed by atoms with Gasteiger partial charge >= 0.3 is 6.09 Å². The van der Waals surface area contributed by atoms with Crippen LogP contribution in [0, 0.1) is 0 Å². The van der Waals surface area contributed by atoms with Gasteiger partial charge in [-0.1, -0.05) is 42.5 Å². The molecule has 4 nitrogen and oxygen atoms in total. The second kappa shape index (κ2) is 6.23. The predicted molar refractivity (Wildman–Crippen MR) is 88.9 cm³/mol. The van der Waals surface area contributed by atoms with Gasteiger partial charge in [0.2, 0.25) is 5.88 Å². The zero-order valence-corrected chi connectivity index (χ0v) is 13.5. The topological polar surface area (TPSA) is 51.5 Å². The Kier molecular flexibility index (Phi) is 4.15. The first kappa shape index (κ1) is 14.7. The Hall–Kier alpha value is -2.27. The summed E-state index contributed by atoms with van der Waals surface area (Å²) in [5, 5.41) is 3.52. The molecule has 0 spiro atoms. The highest BCUT2D eigenvalue weighted by atomic mass is 79.9.